The predicted molar refractivity (Wildman–Crippen MR) is 62.2 cm³/mol. The number of rotatable bonds is 1. The van der Waals surface area contributed by atoms with Crippen LogP contribution in [0.25, 0.3) is 0 Å². The molecule has 9 heteroatoms. The molecular weight excluding hydrogens is 293 g/mol. The number of alkyl halides is 3. The first-order chi connectivity index (χ1) is 9.78. The van der Waals surface area contributed by atoms with E-state index in [1.165, 1.54) is 0 Å². The molecule has 3 rings (SSSR count). The molecule has 0 aromatic heterocycles. The zero-order valence-corrected chi connectivity index (χ0v) is 11.1. The van der Waals surface area contributed by atoms with Crippen molar-refractivity contribution in [2.24, 2.45) is 0 Å². The quantitative estimate of drug-likeness (QED) is 0.660. The van der Waals surface area contributed by atoms with E-state index in [-0.39, 0.29) is 6.42 Å². The largest absolute Gasteiger partial charge is 0.490 e. The van der Waals surface area contributed by atoms with Gasteiger partial charge in [-0.2, -0.15) is 13.2 Å². The van der Waals surface area contributed by atoms with Crippen molar-refractivity contribution < 1.29 is 32.2 Å². The second-order valence-corrected chi connectivity index (χ2v) is 5.70. The number of hydrogen-bond donors (Lipinski definition) is 2. The number of hydrogen-bond acceptors (Lipinski definition) is 5. The molecule has 2 atom stereocenters. The van der Waals surface area contributed by atoms with Gasteiger partial charge in [-0.25, -0.2) is 4.79 Å². The van der Waals surface area contributed by atoms with Crippen LogP contribution in [0, 0.1) is 0 Å². The fourth-order valence-corrected chi connectivity index (χ4v) is 2.92. The van der Waals surface area contributed by atoms with Crippen LogP contribution in [-0.4, -0.2) is 55.0 Å². The Morgan fingerprint density at radius 2 is 2.00 bits per heavy atom. The molecule has 0 aromatic rings. The van der Waals surface area contributed by atoms with E-state index in [1.807, 2.05) is 0 Å². The van der Waals surface area contributed by atoms with E-state index in [0.717, 1.165) is 0 Å². The Morgan fingerprint density at radius 1 is 1.33 bits per heavy atom. The van der Waals surface area contributed by atoms with Crippen molar-refractivity contribution in [2.75, 3.05) is 19.6 Å². The van der Waals surface area contributed by atoms with Gasteiger partial charge in [-0.15, -0.1) is 0 Å². The number of amides is 1. The molecular formula is C12H15F3N2O4. The maximum Gasteiger partial charge on any atom is 0.490 e. The summed E-state index contributed by atoms with van der Waals surface area (Å²) in [4.78, 5) is 22.8. The van der Waals surface area contributed by atoms with Crippen molar-refractivity contribution in [1.82, 2.24) is 10.6 Å². The summed E-state index contributed by atoms with van der Waals surface area (Å²) >= 11 is 0. The molecule has 2 heterocycles. The normalized spacial score (nSPS) is 34.6. The van der Waals surface area contributed by atoms with Crippen molar-refractivity contribution in [3.05, 3.63) is 0 Å². The average molecular weight is 308 g/mol. The van der Waals surface area contributed by atoms with Gasteiger partial charge in [-0.1, -0.05) is 0 Å². The van der Waals surface area contributed by atoms with Crippen LogP contribution < -0.4 is 10.6 Å². The highest BCUT2D eigenvalue weighted by atomic mass is 19.4. The number of carbonyl (C=O) groups excluding carboxylic acids is 2. The van der Waals surface area contributed by atoms with Crippen LogP contribution in [0.3, 0.4) is 0 Å². The molecule has 3 fully saturated rings. The van der Waals surface area contributed by atoms with E-state index in [0.29, 0.717) is 32.5 Å². The zero-order chi connectivity index (χ0) is 15.3. The van der Waals surface area contributed by atoms with Gasteiger partial charge in [0.25, 0.3) is 5.91 Å². The summed E-state index contributed by atoms with van der Waals surface area (Å²) in [6.07, 6.45) is -4.97. The number of nitrogens with one attached hydrogen (secondary N) is 2. The lowest BCUT2D eigenvalue weighted by atomic mass is 9.90. The Bertz CT molecular complexity index is 476. The summed E-state index contributed by atoms with van der Waals surface area (Å²) in [7, 11) is 0. The average Bonchev–Trinajstić information content (AvgIpc) is 3.08. The molecule has 118 valence electrons. The second kappa shape index (κ2) is 4.57. The van der Waals surface area contributed by atoms with E-state index in [1.54, 1.807) is 0 Å². The molecule has 1 aliphatic carbocycles. The van der Waals surface area contributed by atoms with Crippen molar-refractivity contribution >= 4 is 11.9 Å². The first-order valence-corrected chi connectivity index (χ1v) is 6.75. The minimum absolute atomic E-state index is 0.0319. The maximum atomic E-state index is 12.2. The molecule has 2 saturated heterocycles. The highest BCUT2D eigenvalue weighted by molar-refractivity contribution is 5.91. The number of morpholine rings is 1. The molecule has 1 saturated carbocycles. The molecule has 3 aliphatic rings. The molecule has 2 unspecified atom stereocenters. The van der Waals surface area contributed by atoms with Gasteiger partial charge in [0.2, 0.25) is 0 Å². The molecule has 2 spiro atoms. The topological polar surface area (TPSA) is 76.7 Å². The second-order valence-electron chi connectivity index (χ2n) is 5.70. The Kier molecular flexibility index (Phi) is 3.17. The monoisotopic (exact) mass is 308 g/mol. The highest BCUT2D eigenvalue weighted by Crippen LogP contribution is 2.49. The number of carbonyl (C=O) groups is 2. The third kappa shape index (κ3) is 2.48. The smallest absolute Gasteiger partial charge is 0.452 e. The minimum atomic E-state index is -5.07. The Labute approximate surface area is 118 Å². The van der Waals surface area contributed by atoms with Crippen LogP contribution in [-0.2, 0) is 19.1 Å². The van der Waals surface area contributed by atoms with E-state index in [9.17, 15) is 22.8 Å². The van der Waals surface area contributed by atoms with Gasteiger partial charge < -0.3 is 20.1 Å². The Morgan fingerprint density at radius 3 is 2.62 bits per heavy atom. The number of halogens is 3. The van der Waals surface area contributed by atoms with Crippen LogP contribution in [0.2, 0.25) is 0 Å². The van der Waals surface area contributed by atoms with Crippen molar-refractivity contribution in [2.45, 2.75) is 42.7 Å². The predicted octanol–water partition coefficient (Wildman–Crippen LogP) is -0.128. The summed E-state index contributed by atoms with van der Waals surface area (Å²) in [5.41, 5.74) is -2.03. The molecule has 2 N–H and O–H groups in total. The third-order valence-corrected chi connectivity index (χ3v) is 4.20. The molecule has 0 aromatic carbocycles. The van der Waals surface area contributed by atoms with Gasteiger partial charge in [0, 0.05) is 13.0 Å². The fraction of sp³-hybridized carbons (Fsp3) is 0.833. The third-order valence-electron chi connectivity index (χ3n) is 4.20. The molecule has 0 bridgehead atoms. The van der Waals surface area contributed by atoms with E-state index < -0.39 is 35.4 Å². The summed E-state index contributed by atoms with van der Waals surface area (Å²) in [5, 5.41) is 5.82. The maximum absolute atomic E-state index is 12.2. The summed E-state index contributed by atoms with van der Waals surface area (Å²) in [6, 6.07) is 0. The lowest BCUT2D eigenvalue weighted by Gasteiger charge is -2.44. The Hall–Kier alpha value is -1.35. The van der Waals surface area contributed by atoms with Crippen molar-refractivity contribution in [3.63, 3.8) is 0 Å². The zero-order valence-electron chi connectivity index (χ0n) is 11.1. The first kappa shape index (κ1) is 14.6. The van der Waals surface area contributed by atoms with Gasteiger partial charge in [0.05, 0.1) is 5.60 Å². The molecule has 0 radical (unpaired) electrons. The summed E-state index contributed by atoms with van der Waals surface area (Å²) in [6.45, 7) is 1.74. The lowest BCUT2D eigenvalue weighted by molar-refractivity contribution is -0.209. The van der Waals surface area contributed by atoms with E-state index in [4.69, 9.17) is 4.74 Å². The van der Waals surface area contributed by atoms with Gasteiger partial charge in [0.15, 0.2) is 5.60 Å². The Balaban J connectivity index is 1.70. The fourth-order valence-electron chi connectivity index (χ4n) is 2.92. The van der Waals surface area contributed by atoms with Crippen molar-refractivity contribution in [3.8, 4) is 0 Å². The van der Waals surface area contributed by atoms with Gasteiger partial charge in [-0.3, -0.25) is 4.79 Å². The minimum Gasteiger partial charge on any atom is -0.452 e. The van der Waals surface area contributed by atoms with Gasteiger partial charge in [0.1, 0.15) is 6.10 Å². The molecule has 1 amide bonds. The lowest BCUT2D eigenvalue weighted by Crippen LogP contribution is -2.62. The SMILES string of the molecule is O=C(OC1CC12OC1(CCNCC1)CNC2=O)C(F)(F)F. The molecule has 21 heavy (non-hydrogen) atoms. The number of esters is 1. The van der Waals surface area contributed by atoms with Crippen LogP contribution in [0.1, 0.15) is 19.3 Å². The van der Waals surface area contributed by atoms with Crippen LogP contribution in [0.5, 0.6) is 0 Å². The molecule has 2 aliphatic heterocycles. The summed E-state index contributed by atoms with van der Waals surface area (Å²) in [5.74, 6) is -2.79. The van der Waals surface area contributed by atoms with E-state index in [2.05, 4.69) is 15.4 Å². The van der Waals surface area contributed by atoms with Crippen LogP contribution >= 0.6 is 0 Å². The van der Waals surface area contributed by atoms with E-state index >= 15 is 0 Å². The number of ether oxygens (including phenoxy) is 2. The first-order valence-electron chi connectivity index (χ1n) is 6.75. The van der Waals surface area contributed by atoms with Crippen LogP contribution in [0.4, 0.5) is 13.2 Å². The standard InChI is InChI=1S/C12H15F3N2O4/c13-12(14,15)9(19)20-7-5-11(7)8(18)17-6-10(21-11)1-3-16-4-2-10/h7,16H,1-6H2,(H,17,18). The highest BCUT2D eigenvalue weighted by Gasteiger charge is 2.70. The van der Waals surface area contributed by atoms with Gasteiger partial charge in [-0.05, 0) is 25.9 Å². The molecule has 6 nitrogen and oxygen atoms in total. The van der Waals surface area contributed by atoms with Crippen molar-refractivity contribution in [1.29, 1.82) is 0 Å². The summed E-state index contributed by atoms with van der Waals surface area (Å²) < 4.78 is 46.9. The number of piperidine rings is 1. The van der Waals surface area contributed by atoms with Crippen LogP contribution in [0.15, 0.2) is 0 Å². The van der Waals surface area contributed by atoms with Gasteiger partial charge >= 0.3 is 12.1 Å².